The molecular formula is C9H17N5. The Balaban J connectivity index is 2.23. The Hall–Kier alpha value is -0.970. The molecule has 0 spiro atoms. The molecule has 5 nitrogen and oxygen atoms in total. The van der Waals surface area contributed by atoms with Crippen LogP contribution < -0.4 is 5.73 Å². The lowest BCUT2D eigenvalue weighted by Gasteiger charge is -2.39. The quantitative estimate of drug-likeness (QED) is 0.695. The van der Waals surface area contributed by atoms with Crippen LogP contribution in [0.4, 0.5) is 0 Å². The molecule has 1 saturated carbocycles. The largest absolute Gasteiger partial charge is 0.318 e. The fourth-order valence-corrected chi connectivity index (χ4v) is 2.35. The van der Waals surface area contributed by atoms with Crippen molar-refractivity contribution in [2.24, 2.45) is 17.6 Å². The molecule has 1 aliphatic carbocycles. The van der Waals surface area contributed by atoms with E-state index in [9.17, 15) is 0 Å². The summed E-state index contributed by atoms with van der Waals surface area (Å²) in [6, 6.07) is 0. The van der Waals surface area contributed by atoms with Crippen LogP contribution >= 0.6 is 0 Å². The van der Waals surface area contributed by atoms with Gasteiger partial charge >= 0.3 is 0 Å². The third-order valence-corrected chi connectivity index (χ3v) is 3.45. The molecule has 0 amide bonds. The van der Waals surface area contributed by atoms with E-state index in [1.54, 1.807) is 0 Å². The summed E-state index contributed by atoms with van der Waals surface area (Å²) >= 11 is 0. The van der Waals surface area contributed by atoms with Crippen molar-refractivity contribution in [1.29, 1.82) is 0 Å². The molecule has 14 heavy (non-hydrogen) atoms. The minimum atomic E-state index is -0.375. The predicted octanol–water partition coefficient (Wildman–Crippen LogP) is 0.810. The molecule has 0 aliphatic heterocycles. The normalized spacial score (nSPS) is 38.5. The van der Waals surface area contributed by atoms with Crippen molar-refractivity contribution >= 4 is 0 Å². The maximum Gasteiger partial charge on any atom is 0.194 e. The molecule has 3 atom stereocenters. The van der Waals surface area contributed by atoms with E-state index in [4.69, 9.17) is 5.73 Å². The van der Waals surface area contributed by atoms with Crippen LogP contribution in [0.15, 0.2) is 0 Å². The fraction of sp³-hybridized carbons (Fsp3) is 0.889. The van der Waals surface area contributed by atoms with Crippen molar-refractivity contribution in [3.05, 3.63) is 5.82 Å². The Kier molecular flexibility index (Phi) is 2.26. The summed E-state index contributed by atoms with van der Waals surface area (Å²) in [5.41, 5.74) is 5.97. The zero-order valence-electron chi connectivity index (χ0n) is 8.70. The number of hydrogen-bond donors (Lipinski definition) is 2. The van der Waals surface area contributed by atoms with E-state index >= 15 is 0 Å². The van der Waals surface area contributed by atoms with Gasteiger partial charge in [0, 0.05) is 0 Å². The lowest BCUT2D eigenvalue weighted by molar-refractivity contribution is 0.155. The molecule has 0 radical (unpaired) electrons. The smallest absolute Gasteiger partial charge is 0.194 e. The van der Waals surface area contributed by atoms with E-state index in [1.165, 1.54) is 0 Å². The average molecular weight is 195 g/mol. The predicted molar refractivity (Wildman–Crippen MR) is 52.2 cm³/mol. The second-order valence-corrected chi connectivity index (χ2v) is 4.56. The molecule has 1 aliphatic rings. The van der Waals surface area contributed by atoms with E-state index in [0.29, 0.717) is 11.7 Å². The Bertz CT molecular complexity index is 296. The van der Waals surface area contributed by atoms with E-state index in [0.717, 1.165) is 25.2 Å². The molecule has 1 aromatic heterocycles. The Morgan fingerprint density at radius 3 is 2.86 bits per heavy atom. The fourth-order valence-electron chi connectivity index (χ4n) is 2.35. The molecule has 5 heteroatoms. The maximum absolute atomic E-state index is 6.35. The summed E-state index contributed by atoms with van der Waals surface area (Å²) in [5.74, 6) is 1.84. The van der Waals surface area contributed by atoms with Gasteiger partial charge in [0.15, 0.2) is 5.82 Å². The number of nitrogens with two attached hydrogens (primary N) is 1. The molecule has 3 N–H and O–H groups in total. The summed E-state index contributed by atoms with van der Waals surface area (Å²) in [6.45, 7) is 4.44. The summed E-state index contributed by atoms with van der Waals surface area (Å²) in [4.78, 5) is 0. The lowest BCUT2D eigenvalue weighted by Crippen LogP contribution is -2.47. The minimum absolute atomic E-state index is 0.375. The van der Waals surface area contributed by atoms with Crippen LogP contribution in [-0.2, 0) is 5.54 Å². The van der Waals surface area contributed by atoms with Gasteiger partial charge in [-0.1, -0.05) is 19.1 Å². The Labute approximate surface area is 83.5 Å². The van der Waals surface area contributed by atoms with Gasteiger partial charge in [-0.2, -0.15) is 5.21 Å². The van der Waals surface area contributed by atoms with Crippen molar-refractivity contribution in [2.75, 3.05) is 0 Å². The number of H-pyrrole nitrogens is 1. The van der Waals surface area contributed by atoms with Crippen LogP contribution in [0.2, 0.25) is 0 Å². The third kappa shape index (κ3) is 1.41. The summed E-state index contributed by atoms with van der Waals surface area (Å²) in [5, 5.41) is 14.1. The highest BCUT2D eigenvalue weighted by atomic mass is 15.5. The summed E-state index contributed by atoms with van der Waals surface area (Å²) < 4.78 is 0. The van der Waals surface area contributed by atoms with Gasteiger partial charge < -0.3 is 5.73 Å². The zero-order valence-corrected chi connectivity index (χ0v) is 8.70. The van der Waals surface area contributed by atoms with E-state index in [2.05, 4.69) is 34.5 Å². The maximum atomic E-state index is 6.35. The van der Waals surface area contributed by atoms with Crippen molar-refractivity contribution in [3.63, 3.8) is 0 Å². The van der Waals surface area contributed by atoms with Crippen LogP contribution in [0, 0.1) is 11.8 Å². The first-order valence-electron chi connectivity index (χ1n) is 5.15. The number of aromatic amines is 1. The molecule has 0 bridgehead atoms. The van der Waals surface area contributed by atoms with Crippen LogP contribution in [-0.4, -0.2) is 20.6 Å². The van der Waals surface area contributed by atoms with Gasteiger partial charge in [0.05, 0.1) is 5.54 Å². The average Bonchev–Trinajstić information content (AvgIpc) is 2.65. The van der Waals surface area contributed by atoms with E-state index in [-0.39, 0.29) is 5.54 Å². The van der Waals surface area contributed by atoms with Gasteiger partial charge in [-0.15, -0.1) is 10.2 Å². The van der Waals surface area contributed by atoms with Crippen molar-refractivity contribution < 1.29 is 0 Å². The number of tetrazole rings is 1. The lowest BCUT2D eigenvalue weighted by atomic mass is 9.70. The first-order valence-corrected chi connectivity index (χ1v) is 5.15. The summed E-state index contributed by atoms with van der Waals surface area (Å²) in [6.07, 6.45) is 3.25. The number of hydrogen-bond acceptors (Lipinski definition) is 4. The molecule has 2 rings (SSSR count). The van der Waals surface area contributed by atoms with Gasteiger partial charge in [-0.05, 0) is 31.1 Å². The van der Waals surface area contributed by atoms with Crippen LogP contribution in [0.1, 0.15) is 38.9 Å². The van der Waals surface area contributed by atoms with E-state index < -0.39 is 0 Å². The molecule has 0 aromatic carbocycles. The van der Waals surface area contributed by atoms with Crippen molar-refractivity contribution in [3.8, 4) is 0 Å². The van der Waals surface area contributed by atoms with Gasteiger partial charge in [0.25, 0.3) is 0 Å². The number of aromatic nitrogens is 4. The molecule has 0 saturated heterocycles. The van der Waals surface area contributed by atoms with Crippen molar-refractivity contribution in [1.82, 2.24) is 20.6 Å². The topological polar surface area (TPSA) is 80.5 Å². The molecule has 3 unspecified atom stereocenters. The summed E-state index contributed by atoms with van der Waals surface area (Å²) in [7, 11) is 0. The van der Waals surface area contributed by atoms with Gasteiger partial charge in [-0.3, -0.25) is 0 Å². The molecule has 78 valence electrons. The second kappa shape index (κ2) is 3.31. The number of nitrogens with one attached hydrogen (secondary N) is 1. The highest BCUT2D eigenvalue weighted by Crippen LogP contribution is 2.39. The van der Waals surface area contributed by atoms with Gasteiger partial charge in [-0.25, -0.2) is 0 Å². The number of nitrogens with zero attached hydrogens (tertiary/aromatic N) is 3. The monoisotopic (exact) mass is 195 g/mol. The van der Waals surface area contributed by atoms with E-state index in [1.807, 2.05) is 0 Å². The molecule has 1 aromatic rings. The van der Waals surface area contributed by atoms with Crippen LogP contribution in [0.25, 0.3) is 0 Å². The van der Waals surface area contributed by atoms with Gasteiger partial charge in [0.1, 0.15) is 0 Å². The Morgan fingerprint density at radius 2 is 2.29 bits per heavy atom. The van der Waals surface area contributed by atoms with Gasteiger partial charge in [0.2, 0.25) is 0 Å². The van der Waals surface area contributed by atoms with Crippen LogP contribution in [0.3, 0.4) is 0 Å². The first-order chi connectivity index (χ1) is 6.63. The number of rotatable bonds is 1. The molecule has 1 heterocycles. The SMILES string of the molecule is CC1CCC(N)(c2nn[nH]n2)C(C)C1. The van der Waals surface area contributed by atoms with Crippen LogP contribution in [0.5, 0.6) is 0 Å². The Morgan fingerprint density at radius 1 is 1.50 bits per heavy atom. The molecular weight excluding hydrogens is 178 g/mol. The minimum Gasteiger partial charge on any atom is -0.318 e. The first kappa shape index (κ1) is 9.58. The van der Waals surface area contributed by atoms with Crippen molar-refractivity contribution in [2.45, 2.75) is 38.6 Å². The highest BCUT2D eigenvalue weighted by molar-refractivity contribution is 5.06. The molecule has 1 fully saturated rings. The zero-order chi connectivity index (χ0) is 10.2. The standard InChI is InChI=1S/C9H17N5/c1-6-3-4-9(10,7(2)5-6)8-11-13-14-12-8/h6-7H,3-5,10H2,1-2H3,(H,11,12,13,14). The third-order valence-electron chi connectivity index (χ3n) is 3.45. The second-order valence-electron chi connectivity index (χ2n) is 4.56. The highest BCUT2D eigenvalue weighted by Gasteiger charge is 2.41.